The van der Waals surface area contributed by atoms with Crippen LogP contribution in [-0.4, -0.2) is 22.8 Å². The maximum atomic E-state index is 11.7. The van der Waals surface area contributed by atoms with Crippen LogP contribution >= 0.6 is 11.3 Å². The van der Waals surface area contributed by atoms with Crippen LogP contribution in [0, 0.1) is 6.92 Å². The molecular formula is C13H13N3O2S. The third kappa shape index (κ3) is 2.44. The number of fused-ring (bicyclic) bond motifs is 1. The number of imide groups is 1. The molecule has 19 heavy (non-hydrogen) atoms. The molecule has 1 fully saturated rings. The van der Waals surface area contributed by atoms with E-state index in [1.165, 1.54) is 16.9 Å². The molecule has 2 aromatic rings. The lowest BCUT2D eigenvalue weighted by atomic mass is 10.1. The lowest BCUT2D eigenvalue weighted by Gasteiger charge is -2.21. The molecular weight excluding hydrogens is 262 g/mol. The molecule has 5 nitrogen and oxygen atoms in total. The predicted octanol–water partition coefficient (Wildman–Crippen LogP) is 1.82. The lowest BCUT2D eigenvalue weighted by molar-refractivity contribution is -0.133. The van der Waals surface area contributed by atoms with Crippen LogP contribution in [0.2, 0.25) is 0 Å². The molecule has 1 saturated heterocycles. The number of carbonyl (C=O) groups is 2. The Balaban J connectivity index is 1.81. The molecule has 2 amide bonds. The van der Waals surface area contributed by atoms with Gasteiger partial charge in [0.25, 0.3) is 0 Å². The zero-order valence-corrected chi connectivity index (χ0v) is 11.2. The Morgan fingerprint density at radius 1 is 1.42 bits per heavy atom. The molecule has 98 valence electrons. The molecule has 3 rings (SSSR count). The lowest BCUT2D eigenvalue weighted by Crippen LogP contribution is -2.47. The Kier molecular flexibility index (Phi) is 2.94. The van der Waals surface area contributed by atoms with E-state index >= 15 is 0 Å². The average molecular weight is 275 g/mol. The average Bonchev–Trinajstić information content (AvgIpc) is 2.74. The highest BCUT2D eigenvalue weighted by molar-refractivity contribution is 7.22. The largest absolute Gasteiger partial charge is 0.350 e. The first-order valence-corrected chi connectivity index (χ1v) is 6.91. The molecule has 1 aromatic heterocycles. The van der Waals surface area contributed by atoms with Gasteiger partial charge in [0.1, 0.15) is 6.04 Å². The molecule has 1 atom stereocenters. The number of benzene rings is 1. The Morgan fingerprint density at radius 3 is 3.05 bits per heavy atom. The zero-order chi connectivity index (χ0) is 13.4. The summed E-state index contributed by atoms with van der Waals surface area (Å²) in [4.78, 5) is 27.2. The minimum absolute atomic E-state index is 0.206. The summed E-state index contributed by atoms with van der Waals surface area (Å²) in [6.07, 6.45) is 0.882. The Labute approximate surface area is 114 Å². The Bertz CT molecular complexity index is 665. The summed E-state index contributed by atoms with van der Waals surface area (Å²) < 4.78 is 1.09. The maximum absolute atomic E-state index is 11.7. The van der Waals surface area contributed by atoms with E-state index in [4.69, 9.17) is 0 Å². The fraction of sp³-hybridized carbons (Fsp3) is 0.308. The van der Waals surface area contributed by atoms with Crippen LogP contribution in [0.15, 0.2) is 18.2 Å². The van der Waals surface area contributed by atoms with Crippen molar-refractivity contribution in [1.82, 2.24) is 10.3 Å². The fourth-order valence-corrected chi connectivity index (χ4v) is 3.09. The van der Waals surface area contributed by atoms with E-state index in [1.54, 1.807) is 0 Å². The van der Waals surface area contributed by atoms with E-state index in [2.05, 4.69) is 21.7 Å². The van der Waals surface area contributed by atoms with Crippen LogP contribution in [-0.2, 0) is 9.59 Å². The second kappa shape index (κ2) is 4.62. The summed E-state index contributed by atoms with van der Waals surface area (Å²) in [5, 5.41) is 6.15. The van der Waals surface area contributed by atoms with Crippen LogP contribution in [0.1, 0.15) is 18.4 Å². The van der Waals surface area contributed by atoms with Crippen molar-refractivity contribution in [2.45, 2.75) is 25.8 Å². The van der Waals surface area contributed by atoms with Crippen molar-refractivity contribution in [2.24, 2.45) is 0 Å². The predicted molar refractivity (Wildman–Crippen MR) is 74.2 cm³/mol. The Hall–Kier alpha value is -1.95. The highest BCUT2D eigenvalue weighted by Gasteiger charge is 2.27. The summed E-state index contributed by atoms with van der Waals surface area (Å²) in [6, 6.07) is 5.68. The third-order valence-electron chi connectivity index (χ3n) is 3.08. The summed E-state index contributed by atoms with van der Waals surface area (Å²) in [5.41, 5.74) is 2.11. The van der Waals surface area contributed by atoms with Crippen molar-refractivity contribution in [3.05, 3.63) is 23.8 Å². The van der Waals surface area contributed by atoms with Gasteiger partial charge in [0.2, 0.25) is 11.8 Å². The number of hydrogen-bond donors (Lipinski definition) is 2. The summed E-state index contributed by atoms with van der Waals surface area (Å²) in [6.45, 7) is 2.03. The number of piperidine rings is 1. The number of anilines is 1. The van der Waals surface area contributed by atoms with Gasteiger partial charge in [-0.2, -0.15) is 0 Å². The van der Waals surface area contributed by atoms with E-state index in [9.17, 15) is 9.59 Å². The van der Waals surface area contributed by atoms with Gasteiger partial charge in [0.15, 0.2) is 5.13 Å². The maximum Gasteiger partial charge on any atom is 0.249 e. The molecule has 2 heterocycles. The number of carbonyl (C=O) groups excluding carboxylic acids is 2. The smallest absolute Gasteiger partial charge is 0.249 e. The molecule has 0 spiro atoms. The first-order chi connectivity index (χ1) is 9.11. The standard InChI is InChI=1S/C13H13N3O2S/c1-7-2-3-8-10(6-7)19-13(14-8)15-9-4-5-11(17)16-12(9)18/h2-3,6,9H,4-5H2,1H3,(H,14,15)(H,16,17,18). The second-order valence-electron chi connectivity index (χ2n) is 4.64. The number of nitrogens with zero attached hydrogens (tertiary/aromatic N) is 1. The number of nitrogens with one attached hydrogen (secondary N) is 2. The molecule has 2 N–H and O–H groups in total. The normalized spacial score (nSPS) is 19.5. The van der Waals surface area contributed by atoms with E-state index in [1.807, 2.05) is 19.1 Å². The number of aromatic nitrogens is 1. The van der Waals surface area contributed by atoms with Gasteiger partial charge in [-0.25, -0.2) is 4.98 Å². The van der Waals surface area contributed by atoms with Crippen LogP contribution in [0.3, 0.4) is 0 Å². The first kappa shape index (κ1) is 12.1. The highest BCUT2D eigenvalue weighted by Crippen LogP contribution is 2.27. The Morgan fingerprint density at radius 2 is 2.26 bits per heavy atom. The summed E-state index contributed by atoms with van der Waals surface area (Å²) in [7, 11) is 0. The van der Waals surface area contributed by atoms with Crippen molar-refractivity contribution in [2.75, 3.05) is 5.32 Å². The molecule has 0 bridgehead atoms. The van der Waals surface area contributed by atoms with Crippen molar-refractivity contribution in [3.8, 4) is 0 Å². The molecule has 6 heteroatoms. The van der Waals surface area contributed by atoms with Crippen LogP contribution in [0.4, 0.5) is 5.13 Å². The number of amides is 2. The van der Waals surface area contributed by atoms with E-state index in [0.29, 0.717) is 12.8 Å². The van der Waals surface area contributed by atoms with Crippen LogP contribution < -0.4 is 10.6 Å². The SMILES string of the molecule is Cc1ccc2nc(NC3CCC(=O)NC3=O)sc2c1. The van der Waals surface area contributed by atoms with Gasteiger partial charge >= 0.3 is 0 Å². The molecule has 0 aliphatic carbocycles. The molecule has 1 aromatic carbocycles. The van der Waals surface area contributed by atoms with Crippen molar-refractivity contribution >= 4 is 38.5 Å². The number of rotatable bonds is 2. The van der Waals surface area contributed by atoms with Gasteiger partial charge in [-0.05, 0) is 31.0 Å². The number of hydrogen-bond acceptors (Lipinski definition) is 5. The minimum Gasteiger partial charge on any atom is -0.350 e. The van der Waals surface area contributed by atoms with Gasteiger partial charge in [-0.1, -0.05) is 17.4 Å². The molecule has 0 saturated carbocycles. The van der Waals surface area contributed by atoms with Crippen LogP contribution in [0.25, 0.3) is 10.2 Å². The van der Waals surface area contributed by atoms with Gasteiger partial charge < -0.3 is 5.32 Å². The monoisotopic (exact) mass is 275 g/mol. The van der Waals surface area contributed by atoms with Gasteiger partial charge in [-0.15, -0.1) is 0 Å². The topological polar surface area (TPSA) is 71.1 Å². The summed E-state index contributed by atoms with van der Waals surface area (Å²) >= 11 is 1.52. The van der Waals surface area contributed by atoms with Crippen molar-refractivity contribution in [3.63, 3.8) is 0 Å². The first-order valence-electron chi connectivity index (χ1n) is 6.09. The quantitative estimate of drug-likeness (QED) is 0.820. The van der Waals surface area contributed by atoms with Crippen molar-refractivity contribution < 1.29 is 9.59 Å². The zero-order valence-electron chi connectivity index (χ0n) is 10.4. The number of thiazole rings is 1. The van der Waals surface area contributed by atoms with E-state index < -0.39 is 0 Å². The fourth-order valence-electron chi connectivity index (χ4n) is 2.07. The summed E-state index contributed by atoms with van der Waals surface area (Å²) in [5.74, 6) is -0.477. The van der Waals surface area contributed by atoms with Gasteiger partial charge in [0, 0.05) is 6.42 Å². The molecule has 0 radical (unpaired) electrons. The minimum atomic E-state index is -0.376. The van der Waals surface area contributed by atoms with Gasteiger partial charge in [0.05, 0.1) is 10.2 Å². The molecule has 1 unspecified atom stereocenters. The van der Waals surface area contributed by atoms with Crippen LogP contribution in [0.5, 0.6) is 0 Å². The van der Waals surface area contributed by atoms with E-state index in [-0.39, 0.29) is 17.9 Å². The second-order valence-corrected chi connectivity index (χ2v) is 5.67. The molecule has 1 aliphatic rings. The van der Waals surface area contributed by atoms with Gasteiger partial charge in [-0.3, -0.25) is 14.9 Å². The number of aryl methyl sites for hydroxylation is 1. The third-order valence-corrected chi connectivity index (χ3v) is 4.03. The molecule has 1 aliphatic heterocycles. The van der Waals surface area contributed by atoms with Crippen molar-refractivity contribution in [1.29, 1.82) is 0 Å². The highest BCUT2D eigenvalue weighted by atomic mass is 32.1. The van der Waals surface area contributed by atoms with E-state index in [0.717, 1.165) is 15.3 Å².